The molecule has 2 amide bonds. The quantitative estimate of drug-likeness (QED) is 0.340. The van der Waals surface area contributed by atoms with Gasteiger partial charge in [0, 0.05) is 56.9 Å². The molecule has 0 radical (unpaired) electrons. The lowest BCUT2D eigenvalue weighted by atomic mass is 10.1. The van der Waals surface area contributed by atoms with Gasteiger partial charge in [0.15, 0.2) is 0 Å². The molecule has 2 aromatic heterocycles. The number of piperazine rings is 1. The minimum Gasteiger partial charge on any atom is -0.384 e. The molecule has 196 valence electrons. The van der Waals surface area contributed by atoms with Crippen LogP contribution in [0.5, 0.6) is 0 Å². The molecular formula is C27H36N8O2. The van der Waals surface area contributed by atoms with Crippen molar-refractivity contribution in [3.8, 4) is 0 Å². The summed E-state index contributed by atoms with van der Waals surface area (Å²) >= 11 is 0. The first kappa shape index (κ1) is 25.1. The van der Waals surface area contributed by atoms with Gasteiger partial charge in [0.2, 0.25) is 5.91 Å². The van der Waals surface area contributed by atoms with Crippen LogP contribution in [0.1, 0.15) is 55.1 Å². The molecular weight excluding hydrogens is 468 g/mol. The van der Waals surface area contributed by atoms with Crippen molar-refractivity contribution >= 4 is 34.6 Å². The van der Waals surface area contributed by atoms with E-state index in [0.29, 0.717) is 23.4 Å². The maximum Gasteiger partial charge on any atom is 0.270 e. The molecule has 3 N–H and O–H groups in total. The topological polar surface area (TPSA) is 122 Å². The fraction of sp³-hybridized carbons (Fsp3) is 0.519. The normalized spacial score (nSPS) is 23.2. The van der Waals surface area contributed by atoms with Gasteiger partial charge in [-0.3, -0.25) is 9.59 Å². The van der Waals surface area contributed by atoms with E-state index in [4.69, 9.17) is 5.73 Å². The van der Waals surface area contributed by atoms with Crippen LogP contribution in [0.4, 0.5) is 5.95 Å². The molecule has 2 saturated heterocycles. The molecule has 5 rings (SSSR count). The van der Waals surface area contributed by atoms with Crippen LogP contribution >= 0.6 is 0 Å². The predicted molar refractivity (Wildman–Crippen MR) is 144 cm³/mol. The number of nitrogens with zero attached hydrogens (tertiary/aromatic N) is 6. The molecule has 2 aliphatic heterocycles. The molecule has 37 heavy (non-hydrogen) atoms. The van der Waals surface area contributed by atoms with Crippen LogP contribution < -0.4 is 11.1 Å². The summed E-state index contributed by atoms with van der Waals surface area (Å²) in [6.45, 7) is 5.30. The highest BCUT2D eigenvalue weighted by molar-refractivity contribution is 5.98. The van der Waals surface area contributed by atoms with E-state index in [1.54, 1.807) is 43.4 Å². The highest BCUT2D eigenvalue weighted by Gasteiger charge is 2.35. The lowest BCUT2D eigenvalue weighted by Gasteiger charge is -2.34. The molecule has 10 heteroatoms. The molecule has 10 nitrogen and oxygen atoms in total. The van der Waals surface area contributed by atoms with E-state index in [1.165, 1.54) is 0 Å². The molecule has 4 heterocycles. The van der Waals surface area contributed by atoms with E-state index in [2.05, 4.69) is 26.9 Å². The molecule has 2 bridgehead atoms. The zero-order chi connectivity index (χ0) is 26.1. The third kappa shape index (κ3) is 5.16. The number of amidine groups is 1. The Labute approximate surface area is 217 Å². The first-order valence-electron chi connectivity index (χ1n) is 13.1. The van der Waals surface area contributed by atoms with Gasteiger partial charge in [0.1, 0.15) is 17.2 Å². The van der Waals surface area contributed by atoms with Crippen molar-refractivity contribution in [3.05, 3.63) is 42.8 Å². The van der Waals surface area contributed by atoms with Crippen molar-refractivity contribution in [2.45, 2.75) is 56.7 Å². The summed E-state index contributed by atoms with van der Waals surface area (Å²) < 4.78 is 2.05. The highest BCUT2D eigenvalue weighted by atomic mass is 16.2. The molecule has 3 unspecified atom stereocenters. The Hall–Kier alpha value is -3.53. The van der Waals surface area contributed by atoms with Crippen LogP contribution in [-0.4, -0.2) is 81.3 Å². The summed E-state index contributed by atoms with van der Waals surface area (Å²) in [7, 11) is 3.50. The van der Waals surface area contributed by atoms with Gasteiger partial charge < -0.3 is 25.4 Å². The molecule has 3 fully saturated rings. The third-order valence-corrected chi connectivity index (χ3v) is 7.65. The molecule has 0 aromatic carbocycles. The minimum atomic E-state index is -0.478. The smallest absolute Gasteiger partial charge is 0.270 e. The molecule has 3 atom stereocenters. The first-order chi connectivity index (χ1) is 17.8. The van der Waals surface area contributed by atoms with Crippen LogP contribution in [-0.2, 0) is 4.79 Å². The van der Waals surface area contributed by atoms with E-state index in [1.807, 2.05) is 15.5 Å². The maximum atomic E-state index is 13.1. The summed E-state index contributed by atoms with van der Waals surface area (Å²) in [5.41, 5.74) is 7.49. The van der Waals surface area contributed by atoms with Crippen LogP contribution in [0, 0.1) is 5.92 Å². The Morgan fingerprint density at radius 1 is 1.22 bits per heavy atom. The number of aromatic nitrogens is 3. The fourth-order valence-corrected chi connectivity index (χ4v) is 5.78. The van der Waals surface area contributed by atoms with E-state index in [-0.39, 0.29) is 29.6 Å². The van der Waals surface area contributed by atoms with Crippen LogP contribution in [0.15, 0.2) is 42.1 Å². The number of hydrogen-bond donors (Lipinski definition) is 2. The number of likely N-dealkylation sites (tertiary alicyclic amines) is 1. The van der Waals surface area contributed by atoms with Gasteiger partial charge in [-0.05, 0) is 37.8 Å². The second kappa shape index (κ2) is 10.5. The number of carbonyl (C=O) groups is 2. The Morgan fingerprint density at radius 2 is 1.92 bits per heavy atom. The largest absolute Gasteiger partial charge is 0.384 e. The summed E-state index contributed by atoms with van der Waals surface area (Å²) in [5, 5.41) is 4.34. The lowest BCUT2D eigenvalue weighted by Crippen LogP contribution is -2.54. The van der Waals surface area contributed by atoms with Crippen LogP contribution in [0.25, 0.3) is 11.0 Å². The molecule has 1 aliphatic carbocycles. The van der Waals surface area contributed by atoms with Crippen molar-refractivity contribution in [3.63, 3.8) is 0 Å². The third-order valence-electron chi connectivity index (χ3n) is 7.65. The lowest BCUT2D eigenvalue weighted by molar-refractivity contribution is -0.134. The monoisotopic (exact) mass is 504 g/mol. The number of fused-ring (bicyclic) bond motifs is 3. The molecule has 2 aromatic rings. The van der Waals surface area contributed by atoms with E-state index in [0.717, 1.165) is 57.0 Å². The number of rotatable bonds is 7. The van der Waals surface area contributed by atoms with Crippen LogP contribution in [0.3, 0.4) is 0 Å². The number of amides is 2. The summed E-state index contributed by atoms with van der Waals surface area (Å²) in [6, 6.07) is 2.84. The van der Waals surface area contributed by atoms with Gasteiger partial charge in [-0.2, -0.15) is 9.98 Å². The summed E-state index contributed by atoms with van der Waals surface area (Å²) in [6.07, 6.45) is 13.2. The van der Waals surface area contributed by atoms with Gasteiger partial charge in [-0.25, -0.2) is 4.98 Å². The Balaban J connectivity index is 1.37. The Bertz CT molecular complexity index is 1240. The first-order valence-corrected chi connectivity index (χ1v) is 13.1. The van der Waals surface area contributed by atoms with Crippen molar-refractivity contribution in [2.75, 3.05) is 27.2 Å². The molecule has 0 spiro atoms. The fourth-order valence-electron chi connectivity index (χ4n) is 5.78. The maximum absolute atomic E-state index is 13.1. The van der Waals surface area contributed by atoms with E-state index >= 15 is 0 Å². The molecule has 3 aliphatic rings. The number of hydrogen-bond acceptors (Lipinski definition) is 6. The number of nitrogens with one attached hydrogen (secondary N) is 1. The van der Waals surface area contributed by atoms with Gasteiger partial charge in [0.05, 0.1) is 5.92 Å². The van der Waals surface area contributed by atoms with Gasteiger partial charge in [0.25, 0.3) is 11.9 Å². The Morgan fingerprint density at radius 3 is 2.57 bits per heavy atom. The summed E-state index contributed by atoms with van der Waals surface area (Å²) in [5.74, 6) is -0.0922. The van der Waals surface area contributed by atoms with Gasteiger partial charge in [-0.1, -0.05) is 25.0 Å². The van der Waals surface area contributed by atoms with Crippen molar-refractivity contribution in [2.24, 2.45) is 16.6 Å². The predicted octanol–water partition coefficient (Wildman–Crippen LogP) is 2.56. The van der Waals surface area contributed by atoms with Crippen molar-refractivity contribution < 1.29 is 9.59 Å². The van der Waals surface area contributed by atoms with Gasteiger partial charge in [-0.15, -0.1) is 6.58 Å². The number of carbonyl (C=O) groups excluding carboxylic acids is 2. The SMILES string of the molecule is C=CC(/C=C\C(N)=Nc1ncc2cc(C(=O)N(C)C)n(C3CCCC3)c2n1)C(=O)N1CC2CCC(C1)N2. The van der Waals surface area contributed by atoms with E-state index in [9.17, 15) is 9.59 Å². The Kier molecular flexibility index (Phi) is 7.10. The standard InChI is InChI=1S/C27H36N8O2/c1-4-17(25(36)34-15-19-10-11-20(16-34)30-19)9-12-23(28)31-27-29-14-18-13-22(26(37)33(2)3)35(24(18)32-27)21-7-5-6-8-21/h4,9,12-14,17,19-21,30H,1,5-8,10-11,15-16H2,2-3H3,(H2,28,29,31,32)/b12-9-. The number of aliphatic imine (C=N–C) groups is 1. The average molecular weight is 505 g/mol. The minimum absolute atomic E-state index is 0.0302. The van der Waals surface area contributed by atoms with E-state index < -0.39 is 5.92 Å². The average Bonchev–Trinajstić information content (AvgIpc) is 3.62. The number of nitrogens with two attached hydrogens (primary N) is 1. The molecule has 1 saturated carbocycles. The zero-order valence-corrected chi connectivity index (χ0v) is 21.6. The second-order valence-corrected chi connectivity index (χ2v) is 10.5. The van der Waals surface area contributed by atoms with Crippen molar-refractivity contribution in [1.29, 1.82) is 0 Å². The summed E-state index contributed by atoms with van der Waals surface area (Å²) in [4.78, 5) is 42.9. The zero-order valence-electron chi connectivity index (χ0n) is 21.6. The second-order valence-electron chi connectivity index (χ2n) is 10.5. The van der Waals surface area contributed by atoms with Gasteiger partial charge >= 0.3 is 0 Å². The highest BCUT2D eigenvalue weighted by Crippen LogP contribution is 2.35. The van der Waals surface area contributed by atoms with Crippen molar-refractivity contribution in [1.82, 2.24) is 29.7 Å². The van der Waals surface area contributed by atoms with Crippen LogP contribution in [0.2, 0.25) is 0 Å².